The van der Waals surface area contributed by atoms with Gasteiger partial charge in [0.25, 0.3) is 0 Å². The topological polar surface area (TPSA) is 26.3 Å². The molecular weight excluding hydrogens is 152 g/mol. The summed E-state index contributed by atoms with van der Waals surface area (Å²) >= 11 is 4.80. The average molecular weight is 176 g/mol. The van der Waals surface area contributed by atoms with E-state index in [1.54, 1.807) is 0 Å². The molecular formula is C7H13ClO2. The van der Waals surface area contributed by atoms with Gasteiger partial charge in [-0.25, -0.2) is 4.79 Å². The number of ether oxygens (including phenoxy) is 1. The molecule has 0 bridgehead atoms. The summed E-state index contributed by atoms with van der Waals surface area (Å²) in [5.74, 6) is 0. The van der Waals surface area contributed by atoms with Crippen molar-refractivity contribution in [3.05, 3.63) is 0 Å². The van der Waals surface area contributed by atoms with Crippen molar-refractivity contribution in [2.75, 3.05) is 6.61 Å². The summed E-state index contributed by atoms with van der Waals surface area (Å²) < 4.78 is 84.4. The van der Waals surface area contributed by atoms with Gasteiger partial charge in [0.1, 0.15) is 0 Å². The Morgan fingerprint density at radius 3 is 3.10 bits per heavy atom. The number of hydrogen-bond acceptors (Lipinski definition) is 2. The van der Waals surface area contributed by atoms with E-state index in [0.717, 1.165) is 0 Å². The van der Waals surface area contributed by atoms with Gasteiger partial charge in [-0.15, -0.1) is 0 Å². The minimum Gasteiger partial charge on any atom is -0.454 e. The Hall–Kier alpha value is -0.240. The fraction of sp³-hybridized carbons (Fsp3) is 0.857. The predicted molar refractivity (Wildman–Crippen MR) is 41.3 cm³/mol. The van der Waals surface area contributed by atoms with E-state index in [-0.39, 0.29) is 0 Å². The van der Waals surface area contributed by atoms with Crippen LogP contribution in [0.2, 0.25) is 0 Å². The summed E-state index contributed by atoms with van der Waals surface area (Å²) in [7, 11) is 0. The predicted octanol–water partition coefficient (Wildman–Crippen LogP) is 2.94. The smallest absolute Gasteiger partial charge is 0.403 e. The molecule has 0 rings (SSSR count). The van der Waals surface area contributed by atoms with Crippen LogP contribution >= 0.6 is 11.6 Å². The molecule has 2 nitrogen and oxygen atoms in total. The first-order valence-electron chi connectivity index (χ1n) is 7.74. The maximum absolute atomic E-state index is 10.4. The first-order valence-corrected chi connectivity index (χ1v) is 2.62. The normalized spacial score (nSPS) is 32.7. The zero-order valence-corrected chi connectivity index (χ0v) is 5.66. The molecule has 0 N–H and O–H groups in total. The minimum atomic E-state index is -3.76. The number of hydrogen-bond donors (Lipinski definition) is 0. The summed E-state index contributed by atoms with van der Waals surface area (Å²) in [4.78, 5) is 10.4. The molecule has 0 saturated heterocycles. The van der Waals surface area contributed by atoms with Crippen LogP contribution in [-0.2, 0) is 4.74 Å². The average Bonchev–Trinajstić information content (AvgIpc) is 2.24. The first-order chi connectivity index (χ1) is 8.92. The van der Waals surface area contributed by atoms with Gasteiger partial charge in [0.2, 0.25) is 0 Å². The van der Waals surface area contributed by atoms with E-state index in [9.17, 15) is 4.79 Å². The van der Waals surface area contributed by atoms with Crippen molar-refractivity contribution >= 4 is 17.0 Å². The Labute approximate surface area is 82.0 Å². The Balaban J connectivity index is 5.71. The van der Waals surface area contributed by atoms with Gasteiger partial charge in [-0.3, -0.25) is 0 Å². The maximum Gasteiger partial charge on any atom is 0.403 e. The molecule has 0 amide bonds. The van der Waals surface area contributed by atoms with Crippen LogP contribution in [-0.4, -0.2) is 12.0 Å². The fourth-order valence-electron chi connectivity index (χ4n) is 0.204. The molecule has 60 valence electrons. The molecule has 0 aromatic heterocycles. The molecule has 0 unspecified atom stereocenters. The van der Waals surface area contributed by atoms with E-state index >= 15 is 0 Å². The zero-order chi connectivity index (χ0) is 17.5. The van der Waals surface area contributed by atoms with E-state index in [4.69, 9.17) is 26.7 Å². The highest BCUT2D eigenvalue weighted by Gasteiger charge is 1.93. The van der Waals surface area contributed by atoms with Crippen LogP contribution < -0.4 is 0 Å². The Morgan fingerprint density at radius 1 is 1.70 bits per heavy atom. The highest BCUT2D eigenvalue weighted by atomic mass is 35.5. The van der Waals surface area contributed by atoms with E-state index in [1.165, 1.54) is 0 Å². The Morgan fingerprint density at radius 2 is 2.50 bits per heavy atom. The molecule has 0 aliphatic rings. The molecule has 0 heterocycles. The lowest BCUT2D eigenvalue weighted by Gasteiger charge is -1.98. The third kappa shape index (κ3) is 7.76. The van der Waals surface area contributed by atoms with Gasteiger partial charge >= 0.3 is 5.43 Å². The van der Waals surface area contributed by atoms with Gasteiger partial charge in [0, 0.05) is 26.7 Å². The molecule has 0 aliphatic carbocycles. The Kier molecular flexibility index (Phi) is 1.32. The third-order valence-electron chi connectivity index (χ3n) is 0.471. The fourth-order valence-corrected chi connectivity index (χ4v) is 0.259. The van der Waals surface area contributed by atoms with Crippen LogP contribution in [0.4, 0.5) is 4.79 Å². The van der Waals surface area contributed by atoms with Crippen molar-refractivity contribution in [1.29, 1.82) is 0 Å². The second kappa shape index (κ2) is 6.87. The molecule has 0 spiro atoms. The largest absolute Gasteiger partial charge is 0.454 e. The van der Waals surface area contributed by atoms with Crippen LogP contribution in [0.15, 0.2) is 0 Å². The highest BCUT2D eigenvalue weighted by Crippen LogP contribution is 1.99. The van der Waals surface area contributed by atoms with E-state index in [2.05, 4.69) is 4.74 Å². The van der Waals surface area contributed by atoms with Gasteiger partial charge in [-0.05, 0) is 6.37 Å². The van der Waals surface area contributed by atoms with E-state index in [0.29, 0.717) is 0 Å². The first kappa shape index (κ1) is 1.92. The van der Waals surface area contributed by atoms with Crippen molar-refractivity contribution in [2.45, 2.75) is 32.3 Å². The molecule has 0 saturated carbocycles. The van der Waals surface area contributed by atoms with Gasteiger partial charge in [-0.2, -0.15) is 0 Å². The minimum absolute atomic E-state index is 1.31. The molecule has 10 heavy (non-hydrogen) atoms. The van der Waals surface area contributed by atoms with Crippen molar-refractivity contribution in [1.82, 2.24) is 0 Å². The van der Waals surface area contributed by atoms with Crippen molar-refractivity contribution in [2.24, 2.45) is 0 Å². The number of carbonyl (C=O) groups excluding carboxylic acids is 1. The monoisotopic (exact) mass is 175 g/mol. The SMILES string of the molecule is [2H]C([2H])([2H])C([2H])([2H])C([2H])([2H])C([2H])([2H])C([2H])([2H])COC(=O)Cl. The van der Waals surface area contributed by atoms with Gasteiger partial charge in [0.05, 0.1) is 6.61 Å². The van der Waals surface area contributed by atoms with Crippen LogP contribution in [0, 0.1) is 0 Å². The molecule has 0 atom stereocenters. The molecule has 3 heteroatoms. The van der Waals surface area contributed by atoms with Gasteiger partial charge in [-0.1, -0.05) is 26.0 Å². The van der Waals surface area contributed by atoms with E-state index in [1.807, 2.05) is 0 Å². The van der Waals surface area contributed by atoms with Gasteiger partial charge < -0.3 is 4.74 Å². The zero-order valence-electron chi connectivity index (χ0n) is 15.9. The summed E-state index contributed by atoms with van der Waals surface area (Å²) in [6, 6.07) is 0. The van der Waals surface area contributed by atoms with Crippen LogP contribution in [0.1, 0.15) is 47.4 Å². The number of rotatable bonds is 5. The number of halogens is 1. The highest BCUT2D eigenvalue weighted by molar-refractivity contribution is 6.61. The van der Waals surface area contributed by atoms with Crippen molar-refractivity contribution in [3.8, 4) is 0 Å². The lowest BCUT2D eigenvalue weighted by molar-refractivity contribution is 0.171. The van der Waals surface area contributed by atoms with E-state index < -0.39 is 44.4 Å². The van der Waals surface area contributed by atoms with Crippen LogP contribution in [0.3, 0.4) is 0 Å². The third-order valence-corrected chi connectivity index (χ3v) is 0.580. The summed E-state index contributed by atoms with van der Waals surface area (Å²) in [5.41, 5.74) is -1.46. The van der Waals surface area contributed by atoms with Crippen LogP contribution in [0.25, 0.3) is 0 Å². The second-order valence-electron chi connectivity index (χ2n) is 1.08. The Bertz CT molecular complexity index is 402. The summed E-state index contributed by atoms with van der Waals surface area (Å²) in [6.45, 7) is -4.85. The molecule has 0 radical (unpaired) electrons. The molecule has 0 aromatic rings. The maximum atomic E-state index is 10.4. The van der Waals surface area contributed by atoms with Crippen molar-refractivity contribution < 1.29 is 24.6 Å². The number of carbonyl (C=O) groups is 1. The van der Waals surface area contributed by atoms with Crippen molar-refractivity contribution in [3.63, 3.8) is 0 Å². The lowest BCUT2D eigenvalue weighted by atomic mass is 10.2. The lowest BCUT2D eigenvalue weighted by Crippen LogP contribution is -1.95. The standard InChI is InChI=1S/C7H13ClO2/c1-2-3-4-5-6-10-7(8)9/h2-6H2,1H3/i1D3,2D2,3D2,4D2,5D2. The molecule has 0 fully saturated rings. The summed E-state index contributed by atoms with van der Waals surface area (Å²) in [6.07, 6.45) is -14.3. The quantitative estimate of drug-likeness (QED) is 0.601. The van der Waals surface area contributed by atoms with Gasteiger partial charge in [0.15, 0.2) is 0 Å². The molecule has 0 aliphatic heterocycles. The van der Waals surface area contributed by atoms with Crippen LogP contribution in [0.5, 0.6) is 0 Å². The summed E-state index contributed by atoms with van der Waals surface area (Å²) in [5, 5.41) is 0. The second-order valence-corrected chi connectivity index (χ2v) is 1.39. The molecule has 0 aromatic carbocycles.